The van der Waals surface area contributed by atoms with E-state index in [-0.39, 0.29) is 18.6 Å². The molecule has 2 rings (SSSR count). The Morgan fingerprint density at radius 2 is 1.84 bits per heavy atom. The molecule has 5 atom stereocenters. The second-order valence-corrected chi connectivity index (χ2v) is 13.7. The molecule has 38 heavy (non-hydrogen) atoms. The van der Waals surface area contributed by atoms with Crippen LogP contribution in [0.4, 0.5) is 0 Å². The van der Waals surface area contributed by atoms with Crippen LogP contribution in [-0.2, 0) is 42.2 Å². The Morgan fingerprint density at radius 1 is 1.21 bits per heavy atom. The number of aromatic nitrogens is 2. The second-order valence-electron chi connectivity index (χ2n) is 10.4. The normalized spacial score (nSPS) is 25.7. The number of aromatic amines is 1. The zero-order chi connectivity index (χ0) is 29.0. The van der Waals surface area contributed by atoms with Crippen molar-refractivity contribution in [3.63, 3.8) is 0 Å². The lowest BCUT2D eigenvalue weighted by Crippen LogP contribution is -2.52. The van der Waals surface area contributed by atoms with E-state index in [1.165, 1.54) is 0 Å². The van der Waals surface area contributed by atoms with E-state index in [1.54, 1.807) is 13.8 Å². The number of phosphoric ester groups is 2. The van der Waals surface area contributed by atoms with Crippen molar-refractivity contribution in [1.29, 1.82) is 0 Å². The number of H-pyrrole nitrogens is 1. The SMILES string of the molecule is COP(=O)(OCC(C)(C)COCC(C)(C)CN)OP(=O)([O-])OCC1OCC(O)(n2ccc(=O)[nH]c2=O)C1O. The molecule has 0 spiro atoms. The van der Waals surface area contributed by atoms with Crippen molar-refractivity contribution < 1.29 is 51.6 Å². The predicted octanol–water partition coefficient (Wildman–Crippen LogP) is -0.758. The first-order valence-electron chi connectivity index (χ1n) is 11.5. The Kier molecular flexibility index (Phi) is 10.8. The largest absolute Gasteiger partial charge is 0.756 e. The average Bonchev–Trinajstić information content (AvgIpc) is 3.10. The topological polar surface area (TPSA) is 234 Å². The number of hydrogen-bond donors (Lipinski definition) is 4. The monoisotopic (exact) mass is 588 g/mol. The summed E-state index contributed by atoms with van der Waals surface area (Å²) < 4.78 is 55.6. The maximum atomic E-state index is 12.8. The van der Waals surface area contributed by atoms with E-state index in [2.05, 4.69) is 13.4 Å². The van der Waals surface area contributed by atoms with Gasteiger partial charge in [-0.3, -0.25) is 28.0 Å². The Hall–Kier alpha value is -1.26. The first kappa shape index (κ1) is 32.9. The number of aliphatic hydroxyl groups is 2. The van der Waals surface area contributed by atoms with Gasteiger partial charge in [0.1, 0.15) is 12.2 Å². The van der Waals surface area contributed by atoms with Gasteiger partial charge in [-0.05, 0) is 6.54 Å². The second kappa shape index (κ2) is 12.5. The van der Waals surface area contributed by atoms with Crippen molar-refractivity contribution in [2.24, 2.45) is 16.6 Å². The Balaban J connectivity index is 1.95. The highest BCUT2D eigenvalue weighted by Gasteiger charge is 2.50. The van der Waals surface area contributed by atoms with E-state index in [0.29, 0.717) is 17.7 Å². The molecule has 18 heteroatoms. The van der Waals surface area contributed by atoms with Gasteiger partial charge in [0.05, 0.1) is 33.0 Å². The lowest BCUT2D eigenvalue weighted by atomic mass is 9.94. The minimum absolute atomic E-state index is 0.171. The van der Waals surface area contributed by atoms with Crippen LogP contribution in [-0.4, -0.2) is 78.7 Å². The molecule has 1 aliphatic heterocycles. The Bertz CT molecular complexity index is 1150. The maximum Gasteiger partial charge on any atom is 0.481 e. The molecule has 0 aromatic carbocycles. The molecule has 0 bridgehead atoms. The van der Waals surface area contributed by atoms with Gasteiger partial charge in [0.25, 0.3) is 13.4 Å². The quantitative estimate of drug-likeness (QED) is 0.185. The van der Waals surface area contributed by atoms with E-state index in [0.717, 1.165) is 19.4 Å². The highest BCUT2D eigenvalue weighted by Crippen LogP contribution is 2.61. The molecule has 1 saturated heterocycles. The molecule has 1 fully saturated rings. The molecular formula is C20H36N3O13P2-. The predicted molar refractivity (Wildman–Crippen MR) is 130 cm³/mol. The van der Waals surface area contributed by atoms with Crippen molar-refractivity contribution in [3.8, 4) is 0 Å². The standard InChI is InChI=1S/C20H37N3O13P2/c1-18(2,9-21)10-32-11-19(3,4)12-35-38(30,31-5)36-37(28,29)34-8-14-16(25)20(27,13-33-14)23-7-6-15(24)22-17(23)26/h6-7,14,16,25,27H,8-13,21H2,1-5H3,(H,28,29)(H,22,24,26)/p-1. The summed E-state index contributed by atoms with van der Waals surface area (Å²) in [6.45, 7) is 6.44. The summed E-state index contributed by atoms with van der Waals surface area (Å²) in [5, 5.41) is 21.2. The zero-order valence-electron chi connectivity index (χ0n) is 21.9. The fraction of sp³-hybridized carbons (Fsp3) is 0.800. The van der Waals surface area contributed by atoms with Gasteiger partial charge >= 0.3 is 13.5 Å². The van der Waals surface area contributed by atoms with Crippen LogP contribution >= 0.6 is 15.6 Å². The van der Waals surface area contributed by atoms with Crippen molar-refractivity contribution in [2.75, 3.05) is 46.7 Å². The van der Waals surface area contributed by atoms with E-state index >= 15 is 0 Å². The van der Waals surface area contributed by atoms with Crippen LogP contribution in [0.5, 0.6) is 0 Å². The molecule has 2 heterocycles. The number of hydrogen-bond acceptors (Lipinski definition) is 14. The number of nitrogens with one attached hydrogen (secondary N) is 1. The summed E-state index contributed by atoms with van der Waals surface area (Å²) in [6, 6.07) is 0.937. The van der Waals surface area contributed by atoms with Crippen LogP contribution in [0.15, 0.2) is 21.9 Å². The van der Waals surface area contributed by atoms with E-state index in [4.69, 9.17) is 19.7 Å². The number of nitrogens with zero attached hydrogens (tertiary/aromatic N) is 1. The molecule has 1 aliphatic rings. The molecule has 0 radical (unpaired) electrons. The van der Waals surface area contributed by atoms with Gasteiger partial charge in [-0.2, -0.15) is 0 Å². The summed E-state index contributed by atoms with van der Waals surface area (Å²) in [6.07, 6.45) is -2.38. The van der Waals surface area contributed by atoms with Crippen LogP contribution < -0.4 is 21.9 Å². The number of phosphoric acid groups is 2. The van der Waals surface area contributed by atoms with Crippen molar-refractivity contribution in [1.82, 2.24) is 9.55 Å². The third-order valence-electron chi connectivity index (χ3n) is 5.55. The molecule has 0 saturated carbocycles. The molecule has 0 amide bonds. The van der Waals surface area contributed by atoms with Crippen LogP contribution in [0, 0.1) is 10.8 Å². The Morgan fingerprint density at radius 3 is 2.42 bits per heavy atom. The summed E-state index contributed by atoms with van der Waals surface area (Å²) in [4.78, 5) is 37.5. The average molecular weight is 588 g/mol. The number of aliphatic hydroxyl groups excluding tert-OH is 1. The van der Waals surface area contributed by atoms with Gasteiger partial charge in [0.15, 0.2) is 5.72 Å². The highest BCUT2D eigenvalue weighted by molar-refractivity contribution is 7.61. The van der Waals surface area contributed by atoms with Gasteiger partial charge in [-0.25, -0.2) is 13.7 Å². The van der Waals surface area contributed by atoms with Crippen LogP contribution in [0.2, 0.25) is 0 Å². The third-order valence-corrected chi connectivity index (χ3v) is 8.51. The molecule has 5 unspecified atom stereocenters. The minimum atomic E-state index is -5.37. The van der Waals surface area contributed by atoms with E-state index < -0.39 is 63.5 Å². The molecule has 1 aromatic rings. The van der Waals surface area contributed by atoms with Gasteiger partial charge in [-0.15, -0.1) is 0 Å². The first-order chi connectivity index (χ1) is 17.4. The van der Waals surface area contributed by atoms with Gasteiger partial charge in [-0.1, -0.05) is 27.7 Å². The Labute approximate surface area is 219 Å². The molecule has 1 aromatic heterocycles. The van der Waals surface area contributed by atoms with E-state index in [9.17, 15) is 33.8 Å². The summed E-state index contributed by atoms with van der Waals surface area (Å²) in [5.74, 6) is 0. The molecule has 5 N–H and O–H groups in total. The maximum absolute atomic E-state index is 12.8. The van der Waals surface area contributed by atoms with E-state index in [1.807, 2.05) is 18.8 Å². The first-order valence-corrected chi connectivity index (χ1v) is 14.4. The van der Waals surface area contributed by atoms with Crippen molar-refractivity contribution in [2.45, 2.75) is 45.6 Å². The molecule has 0 aliphatic carbocycles. The number of ether oxygens (including phenoxy) is 2. The minimum Gasteiger partial charge on any atom is -0.756 e. The molecular weight excluding hydrogens is 552 g/mol. The van der Waals surface area contributed by atoms with Gasteiger partial charge < -0.3 is 34.8 Å². The summed E-state index contributed by atoms with van der Waals surface area (Å²) >= 11 is 0. The zero-order valence-corrected chi connectivity index (χ0v) is 23.6. The number of rotatable bonds is 15. The molecule has 16 nitrogen and oxygen atoms in total. The highest BCUT2D eigenvalue weighted by atomic mass is 31.3. The lowest BCUT2D eigenvalue weighted by Gasteiger charge is -2.31. The van der Waals surface area contributed by atoms with Crippen molar-refractivity contribution in [3.05, 3.63) is 33.1 Å². The third kappa shape index (κ3) is 8.88. The lowest BCUT2D eigenvalue weighted by molar-refractivity contribution is -0.221. The fourth-order valence-corrected chi connectivity index (χ4v) is 5.72. The summed E-state index contributed by atoms with van der Waals surface area (Å²) in [5.41, 5.74) is 0.600. The van der Waals surface area contributed by atoms with Crippen LogP contribution in [0.25, 0.3) is 0 Å². The fourth-order valence-electron chi connectivity index (χ4n) is 3.16. The number of nitrogens with two attached hydrogens (primary N) is 1. The summed E-state index contributed by atoms with van der Waals surface area (Å²) in [7, 11) is -9.11. The van der Waals surface area contributed by atoms with Crippen molar-refractivity contribution >= 4 is 15.6 Å². The van der Waals surface area contributed by atoms with Crippen LogP contribution in [0.1, 0.15) is 27.7 Å². The van der Waals surface area contributed by atoms with Gasteiger partial charge in [0.2, 0.25) is 0 Å². The smallest absolute Gasteiger partial charge is 0.481 e. The van der Waals surface area contributed by atoms with Crippen LogP contribution in [0.3, 0.4) is 0 Å². The molecule has 220 valence electrons. The van der Waals surface area contributed by atoms with Gasteiger partial charge in [0, 0.05) is 30.2 Å².